The Balaban J connectivity index is 1.44. The summed E-state index contributed by atoms with van der Waals surface area (Å²) in [6.45, 7) is 0.728. The molecule has 0 aromatic heterocycles. The lowest BCUT2D eigenvalue weighted by molar-refractivity contribution is -0.384. The monoisotopic (exact) mass is 563 g/mol. The van der Waals surface area contributed by atoms with Crippen molar-refractivity contribution in [3.8, 4) is 0 Å². The summed E-state index contributed by atoms with van der Waals surface area (Å²) in [7, 11) is 0. The van der Waals surface area contributed by atoms with Gasteiger partial charge in [0.15, 0.2) is 5.60 Å². The average Bonchev–Trinajstić information content (AvgIpc) is 3.05. The summed E-state index contributed by atoms with van der Waals surface area (Å²) in [6.07, 6.45) is 6.35. The molecule has 1 fully saturated rings. The van der Waals surface area contributed by atoms with Crippen molar-refractivity contribution in [1.29, 1.82) is 0 Å². The number of carbonyl (C=O) groups is 1. The molecule has 0 unspecified atom stereocenters. The highest BCUT2D eigenvalue weighted by Crippen LogP contribution is 2.39. The quantitative estimate of drug-likeness (QED) is 0.113. The normalized spacial score (nSPS) is 14.7. The SMILES string of the molecule is O=C(NOC(c1ccccc1)(c1ccccc1)c1ccccc1)[C@H](Cc1ccc([N+](=O)[O-])cc1)NCC1CCCCC1. The van der Waals surface area contributed by atoms with Crippen LogP contribution in [0.4, 0.5) is 5.69 Å². The van der Waals surface area contributed by atoms with Crippen LogP contribution in [-0.2, 0) is 21.7 Å². The molecule has 216 valence electrons. The van der Waals surface area contributed by atoms with Crippen LogP contribution in [0.25, 0.3) is 0 Å². The van der Waals surface area contributed by atoms with E-state index in [1.807, 2.05) is 91.0 Å². The number of amides is 1. The van der Waals surface area contributed by atoms with Crippen molar-refractivity contribution in [3.63, 3.8) is 0 Å². The molecule has 1 amide bonds. The number of nitro benzene ring substituents is 1. The molecule has 1 saturated carbocycles. The van der Waals surface area contributed by atoms with Crippen LogP contribution >= 0.6 is 0 Å². The summed E-state index contributed by atoms with van der Waals surface area (Å²) in [5.41, 5.74) is 5.24. The van der Waals surface area contributed by atoms with Crippen molar-refractivity contribution in [2.45, 2.75) is 50.2 Å². The number of hydrogen-bond donors (Lipinski definition) is 2. The Hall–Kier alpha value is -4.33. The first-order valence-corrected chi connectivity index (χ1v) is 14.7. The molecule has 4 aromatic carbocycles. The van der Waals surface area contributed by atoms with Crippen LogP contribution in [0, 0.1) is 16.0 Å². The van der Waals surface area contributed by atoms with Gasteiger partial charge in [0.1, 0.15) is 0 Å². The predicted octanol–water partition coefficient (Wildman–Crippen LogP) is 6.72. The lowest BCUT2D eigenvalue weighted by Gasteiger charge is -2.35. The van der Waals surface area contributed by atoms with E-state index in [0.717, 1.165) is 41.6 Å². The highest BCUT2D eigenvalue weighted by atomic mass is 16.7. The molecule has 0 aliphatic heterocycles. The molecular weight excluding hydrogens is 526 g/mol. The minimum absolute atomic E-state index is 0.0246. The van der Waals surface area contributed by atoms with Crippen LogP contribution in [0.15, 0.2) is 115 Å². The number of hydrogen-bond acceptors (Lipinski definition) is 5. The fourth-order valence-corrected chi connectivity index (χ4v) is 5.84. The third kappa shape index (κ3) is 6.93. The minimum Gasteiger partial charge on any atom is -0.305 e. The van der Waals surface area contributed by atoms with Gasteiger partial charge in [0, 0.05) is 12.1 Å². The Morgan fingerprint density at radius 3 is 1.76 bits per heavy atom. The van der Waals surface area contributed by atoms with Crippen LogP contribution in [0.3, 0.4) is 0 Å². The third-order valence-electron chi connectivity index (χ3n) is 8.13. The molecule has 7 heteroatoms. The Kier molecular flexibility index (Phi) is 9.74. The van der Waals surface area contributed by atoms with Gasteiger partial charge in [0.2, 0.25) is 0 Å². The fourth-order valence-electron chi connectivity index (χ4n) is 5.84. The van der Waals surface area contributed by atoms with Crippen molar-refractivity contribution < 1.29 is 14.6 Å². The lowest BCUT2D eigenvalue weighted by atomic mass is 9.80. The van der Waals surface area contributed by atoms with Gasteiger partial charge in [-0.3, -0.25) is 19.7 Å². The first-order valence-electron chi connectivity index (χ1n) is 14.7. The topological polar surface area (TPSA) is 93.5 Å². The summed E-state index contributed by atoms with van der Waals surface area (Å²) < 4.78 is 0. The number of nitrogens with one attached hydrogen (secondary N) is 2. The van der Waals surface area contributed by atoms with Gasteiger partial charge >= 0.3 is 0 Å². The number of non-ortho nitro benzene ring substituents is 1. The number of benzene rings is 4. The van der Waals surface area contributed by atoms with Crippen LogP contribution < -0.4 is 10.8 Å². The van der Waals surface area contributed by atoms with Gasteiger partial charge in [0.25, 0.3) is 11.6 Å². The number of nitrogens with zero attached hydrogens (tertiary/aromatic N) is 1. The van der Waals surface area contributed by atoms with Crippen molar-refractivity contribution in [2.75, 3.05) is 6.54 Å². The molecule has 2 N–H and O–H groups in total. The maximum Gasteiger partial charge on any atom is 0.269 e. The molecule has 0 bridgehead atoms. The molecular formula is C35H37N3O4. The van der Waals surface area contributed by atoms with Crippen LogP contribution in [0.1, 0.15) is 54.4 Å². The summed E-state index contributed by atoms with van der Waals surface area (Å²) in [4.78, 5) is 31.3. The Labute approximate surface area is 247 Å². The maximum atomic E-state index is 13.9. The van der Waals surface area contributed by atoms with Gasteiger partial charge in [0.05, 0.1) is 11.0 Å². The zero-order valence-electron chi connectivity index (χ0n) is 23.7. The first-order chi connectivity index (χ1) is 20.6. The van der Waals surface area contributed by atoms with Crippen molar-refractivity contribution in [1.82, 2.24) is 10.8 Å². The van der Waals surface area contributed by atoms with E-state index in [9.17, 15) is 14.9 Å². The number of nitro groups is 1. The molecule has 1 atom stereocenters. The highest BCUT2D eigenvalue weighted by Gasteiger charge is 2.39. The Bertz CT molecular complexity index is 1330. The van der Waals surface area contributed by atoms with Gasteiger partial charge in [-0.25, -0.2) is 5.48 Å². The average molecular weight is 564 g/mol. The van der Waals surface area contributed by atoms with Crippen LogP contribution in [-0.4, -0.2) is 23.4 Å². The van der Waals surface area contributed by atoms with Gasteiger partial charge in [-0.1, -0.05) is 122 Å². The fraction of sp³-hybridized carbons (Fsp3) is 0.286. The van der Waals surface area contributed by atoms with E-state index in [-0.39, 0.29) is 11.6 Å². The standard InChI is InChI=1S/C35H37N3O4/c39-34(33(36-26-28-13-5-1-6-14-28)25-27-21-23-32(24-22-27)38(40)41)37-42-35(29-15-7-2-8-16-29,30-17-9-3-10-18-30)31-19-11-4-12-20-31/h2-4,7-12,15-24,28,33,36H,1,5-6,13-14,25-26H2,(H,37,39)/t33-/m0/s1. The van der Waals surface area contributed by atoms with E-state index in [1.165, 1.54) is 31.4 Å². The zero-order chi connectivity index (χ0) is 29.2. The van der Waals surface area contributed by atoms with Gasteiger partial charge < -0.3 is 5.32 Å². The Morgan fingerprint density at radius 1 is 0.786 bits per heavy atom. The summed E-state index contributed by atoms with van der Waals surface area (Å²) in [5.74, 6) is 0.222. The van der Waals surface area contributed by atoms with Crippen LogP contribution in [0.2, 0.25) is 0 Å². The number of carbonyl (C=O) groups excluding carboxylic acids is 1. The second kappa shape index (κ2) is 14.0. The van der Waals surface area contributed by atoms with Crippen LogP contribution in [0.5, 0.6) is 0 Å². The van der Waals surface area contributed by atoms with Crippen molar-refractivity contribution >= 4 is 11.6 Å². The number of hydroxylamine groups is 1. The van der Waals surface area contributed by atoms with Gasteiger partial charge in [-0.15, -0.1) is 0 Å². The predicted molar refractivity (Wildman–Crippen MR) is 164 cm³/mol. The van der Waals surface area contributed by atoms with Crippen molar-refractivity contribution in [3.05, 3.63) is 148 Å². The molecule has 5 rings (SSSR count). The minimum atomic E-state index is -1.10. The molecule has 0 spiro atoms. The van der Waals surface area contributed by atoms with Gasteiger partial charge in [-0.05, 0) is 54.0 Å². The third-order valence-corrected chi connectivity index (χ3v) is 8.13. The van der Waals surface area contributed by atoms with E-state index in [0.29, 0.717) is 12.3 Å². The molecule has 0 saturated heterocycles. The maximum absolute atomic E-state index is 13.9. The first kappa shape index (κ1) is 29.2. The molecule has 0 radical (unpaired) electrons. The summed E-state index contributed by atoms with van der Waals surface area (Å²) in [6, 6.07) is 35.4. The number of rotatable bonds is 12. The smallest absolute Gasteiger partial charge is 0.269 e. The van der Waals surface area contributed by atoms with E-state index >= 15 is 0 Å². The van der Waals surface area contributed by atoms with Crippen molar-refractivity contribution in [2.24, 2.45) is 5.92 Å². The Morgan fingerprint density at radius 2 is 1.29 bits per heavy atom. The van der Waals surface area contributed by atoms with Gasteiger partial charge in [-0.2, -0.15) is 0 Å². The highest BCUT2D eigenvalue weighted by molar-refractivity contribution is 5.81. The molecule has 0 heterocycles. The van der Waals surface area contributed by atoms with E-state index < -0.39 is 16.6 Å². The summed E-state index contributed by atoms with van der Waals surface area (Å²) >= 11 is 0. The molecule has 1 aliphatic carbocycles. The molecule has 42 heavy (non-hydrogen) atoms. The van der Waals surface area contributed by atoms with E-state index in [4.69, 9.17) is 4.84 Å². The van der Waals surface area contributed by atoms with E-state index in [2.05, 4.69) is 10.8 Å². The molecule has 4 aromatic rings. The molecule has 1 aliphatic rings. The molecule has 7 nitrogen and oxygen atoms in total. The second-order valence-corrected chi connectivity index (χ2v) is 10.9. The van der Waals surface area contributed by atoms with E-state index in [1.54, 1.807) is 12.1 Å². The zero-order valence-corrected chi connectivity index (χ0v) is 23.7. The second-order valence-electron chi connectivity index (χ2n) is 10.9. The lowest BCUT2D eigenvalue weighted by Crippen LogP contribution is -2.50. The summed E-state index contributed by atoms with van der Waals surface area (Å²) in [5, 5.41) is 14.7. The largest absolute Gasteiger partial charge is 0.305 e.